The van der Waals surface area contributed by atoms with Gasteiger partial charge in [-0.25, -0.2) is 17.5 Å². The normalized spacial score (nSPS) is 15.6. The summed E-state index contributed by atoms with van der Waals surface area (Å²) in [7, 11) is -3.81. The van der Waals surface area contributed by atoms with Crippen molar-refractivity contribution in [3.63, 3.8) is 0 Å². The summed E-state index contributed by atoms with van der Waals surface area (Å²) in [6, 6.07) is 4.64. The van der Waals surface area contributed by atoms with E-state index in [1.807, 2.05) is 13.8 Å². The molecular weight excluding hydrogens is 291 g/mol. The molecule has 0 radical (unpaired) electrons. The Morgan fingerprint density at radius 1 is 1.29 bits per heavy atom. The van der Waals surface area contributed by atoms with Gasteiger partial charge in [0.15, 0.2) is 0 Å². The van der Waals surface area contributed by atoms with E-state index in [9.17, 15) is 12.8 Å². The van der Waals surface area contributed by atoms with Crippen molar-refractivity contribution in [3.05, 3.63) is 29.6 Å². The predicted molar refractivity (Wildman–Crippen MR) is 81.0 cm³/mol. The lowest BCUT2D eigenvalue weighted by atomic mass is 10.2. The number of benzene rings is 1. The number of nitrogens with one attached hydrogen (secondary N) is 2. The van der Waals surface area contributed by atoms with Gasteiger partial charge in [0.2, 0.25) is 10.0 Å². The molecule has 0 amide bonds. The fraction of sp³-hybridized carbons (Fsp3) is 0.600. The van der Waals surface area contributed by atoms with Gasteiger partial charge in [0.1, 0.15) is 10.7 Å². The van der Waals surface area contributed by atoms with Crippen LogP contribution in [0.15, 0.2) is 23.1 Å². The summed E-state index contributed by atoms with van der Waals surface area (Å²) in [5, 5.41) is 3.30. The van der Waals surface area contributed by atoms with Crippen LogP contribution in [0.4, 0.5) is 4.39 Å². The van der Waals surface area contributed by atoms with E-state index < -0.39 is 15.8 Å². The van der Waals surface area contributed by atoms with Crippen LogP contribution in [0, 0.1) is 5.82 Å². The molecule has 0 bridgehead atoms. The molecule has 1 aliphatic rings. The topological polar surface area (TPSA) is 58.2 Å². The number of halogens is 1. The average molecular weight is 314 g/mol. The van der Waals surface area contributed by atoms with Crippen LogP contribution in [-0.2, 0) is 16.6 Å². The molecule has 21 heavy (non-hydrogen) atoms. The van der Waals surface area contributed by atoms with Crippen molar-refractivity contribution >= 4 is 10.0 Å². The molecular formula is C15H23FN2O2S. The Labute approximate surface area is 126 Å². The lowest BCUT2D eigenvalue weighted by molar-refractivity contribution is 0.519. The van der Waals surface area contributed by atoms with Gasteiger partial charge in [-0.1, -0.05) is 19.9 Å². The Hall–Kier alpha value is -0.980. The maximum atomic E-state index is 13.9. The summed E-state index contributed by atoms with van der Waals surface area (Å²) < 4.78 is 41.1. The number of sulfonamides is 1. The van der Waals surface area contributed by atoms with Gasteiger partial charge in [-0.15, -0.1) is 0 Å². The van der Waals surface area contributed by atoms with Crippen molar-refractivity contribution in [1.29, 1.82) is 0 Å². The van der Waals surface area contributed by atoms with Crippen LogP contribution in [-0.4, -0.2) is 20.5 Å². The first kappa shape index (κ1) is 16.4. The van der Waals surface area contributed by atoms with E-state index in [4.69, 9.17) is 0 Å². The fourth-order valence-corrected chi connectivity index (χ4v) is 3.68. The van der Waals surface area contributed by atoms with E-state index in [-0.39, 0.29) is 10.9 Å². The Bertz CT molecular complexity index is 581. The third-order valence-corrected chi connectivity index (χ3v) is 5.30. The van der Waals surface area contributed by atoms with Crippen LogP contribution in [0.2, 0.25) is 0 Å². The first-order valence-electron chi connectivity index (χ1n) is 7.50. The molecule has 0 atom stereocenters. The average Bonchev–Trinajstić information content (AvgIpc) is 3.28. The van der Waals surface area contributed by atoms with Gasteiger partial charge < -0.3 is 5.32 Å². The van der Waals surface area contributed by atoms with Crippen LogP contribution in [0.3, 0.4) is 0 Å². The Kier molecular flexibility index (Phi) is 5.35. The van der Waals surface area contributed by atoms with E-state index in [2.05, 4.69) is 10.0 Å². The molecule has 1 aliphatic carbocycles. The summed E-state index contributed by atoms with van der Waals surface area (Å²) in [6.07, 6.45) is 3.67. The highest BCUT2D eigenvalue weighted by Crippen LogP contribution is 2.21. The number of hydrogen-bond acceptors (Lipinski definition) is 3. The van der Waals surface area contributed by atoms with Crippen molar-refractivity contribution in [2.45, 2.75) is 63.1 Å². The first-order valence-corrected chi connectivity index (χ1v) is 8.98. The lowest BCUT2D eigenvalue weighted by Crippen LogP contribution is -2.34. The second kappa shape index (κ2) is 6.85. The summed E-state index contributed by atoms with van der Waals surface area (Å²) in [4.78, 5) is -0.260. The second-order valence-corrected chi connectivity index (χ2v) is 7.24. The standard InChI is InChI=1S/C15H23FN2O2S/c1-3-12(4-2)18-21(19,20)15-9-11(5-8-14(15)16)10-17-13-6-7-13/h5,8-9,12-13,17-18H,3-4,6-7,10H2,1-2H3. The largest absolute Gasteiger partial charge is 0.310 e. The summed E-state index contributed by atoms with van der Waals surface area (Å²) in [5.41, 5.74) is 0.785. The van der Waals surface area contributed by atoms with E-state index >= 15 is 0 Å². The molecule has 1 aromatic carbocycles. The molecule has 118 valence electrons. The number of rotatable bonds is 8. The van der Waals surface area contributed by atoms with E-state index in [0.717, 1.165) is 18.4 Å². The summed E-state index contributed by atoms with van der Waals surface area (Å²) >= 11 is 0. The van der Waals surface area contributed by atoms with Gasteiger partial charge in [-0.05, 0) is 43.4 Å². The van der Waals surface area contributed by atoms with Crippen molar-refractivity contribution < 1.29 is 12.8 Å². The van der Waals surface area contributed by atoms with Gasteiger partial charge in [-0.3, -0.25) is 0 Å². The van der Waals surface area contributed by atoms with Crippen LogP contribution in [0.5, 0.6) is 0 Å². The second-order valence-electron chi connectivity index (χ2n) is 5.55. The fourth-order valence-electron chi connectivity index (χ4n) is 2.15. The smallest absolute Gasteiger partial charge is 0.243 e. The SMILES string of the molecule is CCC(CC)NS(=O)(=O)c1cc(CNC2CC2)ccc1F. The molecule has 0 saturated heterocycles. The highest BCUT2D eigenvalue weighted by atomic mass is 32.2. The number of hydrogen-bond donors (Lipinski definition) is 2. The predicted octanol–water partition coefficient (Wildman–Crippen LogP) is 2.54. The summed E-state index contributed by atoms with van der Waals surface area (Å²) in [6.45, 7) is 4.38. The van der Waals surface area contributed by atoms with Crippen LogP contribution in [0.25, 0.3) is 0 Å². The molecule has 2 N–H and O–H groups in total. The van der Waals surface area contributed by atoms with Gasteiger partial charge in [-0.2, -0.15) is 0 Å². The quantitative estimate of drug-likeness (QED) is 0.775. The highest BCUT2D eigenvalue weighted by Gasteiger charge is 2.23. The van der Waals surface area contributed by atoms with Crippen molar-refractivity contribution in [1.82, 2.24) is 10.0 Å². The van der Waals surface area contributed by atoms with Crippen molar-refractivity contribution in [3.8, 4) is 0 Å². The lowest BCUT2D eigenvalue weighted by Gasteiger charge is -2.16. The van der Waals surface area contributed by atoms with Gasteiger partial charge in [0.05, 0.1) is 0 Å². The van der Waals surface area contributed by atoms with Crippen LogP contribution >= 0.6 is 0 Å². The third-order valence-electron chi connectivity index (χ3n) is 3.76. The summed E-state index contributed by atoms with van der Waals surface area (Å²) in [5.74, 6) is -0.705. The van der Waals surface area contributed by atoms with Gasteiger partial charge >= 0.3 is 0 Å². The van der Waals surface area contributed by atoms with E-state index in [1.165, 1.54) is 12.1 Å². The molecule has 4 nitrogen and oxygen atoms in total. The molecule has 2 rings (SSSR count). The molecule has 0 aromatic heterocycles. The molecule has 0 unspecified atom stereocenters. The molecule has 6 heteroatoms. The van der Waals surface area contributed by atoms with E-state index in [1.54, 1.807) is 6.07 Å². The maximum absolute atomic E-state index is 13.9. The first-order chi connectivity index (χ1) is 9.96. The highest BCUT2D eigenvalue weighted by molar-refractivity contribution is 7.89. The van der Waals surface area contributed by atoms with E-state index in [0.29, 0.717) is 25.4 Å². The zero-order chi connectivity index (χ0) is 15.5. The third kappa shape index (κ3) is 4.49. The monoisotopic (exact) mass is 314 g/mol. The molecule has 0 aliphatic heterocycles. The minimum Gasteiger partial charge on any atom is -0.310 e. The van der Waals surface area contributed by atoms with Crippen LogP contribution < -0.4 is 10.0 Å². The maximum Gasteiger partial charge on any atom is 0.243 e. The molecule has 0 spiro atoms. The van der Waals surface area contributed by atoms with Gasteiger partial charge in [0.25, 0.3) is 0 Å². The molecule has 1 fully saturated rings. The minimum atomic E-state index is -3.81. The Morgan fingerprint density at radius 3 is 2.52 bits per heavy atom. The van der Waals surface area contributed by atoms with Crippen molar-refractivity contribution in [2.24, 2.45) is 0 Å². The molecule has 0 heterocycles. The Morgan fingerprint density at radius 2 is 1.95 bits per heavy atom. The molecule has 1 aromatic rings. The zero-order valence-corrected chi connectivity index (χ0v) is 13.3. The van der Waals surface area contributed by atoms with Gasteiger partial charge in [0, 0.05) is 18.6 Å². The molecule has 1 saturated carbocycles. The zero-order valence-electron chi connectivity index (χ0n) is 12.5. The Balaban J connectivity index is 2.17. The minimum absolute atomic E-state index is 0.164. The van der Waals surface area contributed by atoms with Crippen LogP contribution in [0.1, 0.15) is 45.1 Å². The van der Waals surface area contributed by atoms with Crippen molar-refractivity contribution in [2.75, 3.05) is 0 Å².